The van der Waals surface area contributed by atoms with Gasteiger partial charge in [0.15, 0.2) is 0 Å². The molecule has 0 heterocycles. The summed E-state index contributed by atoms with van der Waals surface area (Å²) in [7, 11) is 0. The predicted molar refractivity (Wildman–Crippen MR) is 44.7 cm³/mol. The molecule has 0 aliphatic heterocycles. The van der Waals surface area contributed by atoms with Crippen LogP contribution in [0.25, 0.3) is 0 Å². The van der Waals surface area contributed by atoms with Crippen molar-refractivity contribution in [1.82, 2.24) is 0 Å². The lowest BCUT2D eigenvalue weighted by Crippen LogP contribution is -1.91. The summed E-state index contributed by atoms with van der Waals surface area (Å²) in [6.45, 7) is 2.25. The standard InChI is InChI=1S/C10H17/c1-2-3-7-10-8-5-4-6-9-10/h2-8H2,1H3. The lowest BCUT2D eigenvalue weighted by atomic mass is 9.96. The molecular weight excluding hydrogens is 120 g/mol. The first-order valence-corrected chi connectivity index (χ1v) is 4.52. The molecule has 1 aliphatic carbocycles. The second kappa shape index (κ2) is 4.54. The van der Waals surface area contributed by atoms with E-state index in [2.05, 4.69) is 13.0 Å². The summed E-state index contributed by atoms with van der Waals surface area (Å²) in [5, 5.41) is 0. The number of allylic oxidation sites excluding steroid dienone is 2. The van der Waals surface area contributed by atoms with Crippen LogP contribution in [0.2, 0.25) is 0 Å². The van der Waals surface area contributed by atoms with Gasteiger partial charge in [0.25, 0.3) is 0 Å². The number of unbranched alkanes of at least 4 members (excludes halogenated alkanes) is 1. The lowest BCUT2D eigenvalue weighted by Gasteiger charge is -2.10. The third-order valence-electron chi connectivity index (χ3n) is 2.11. The minimum Gasteiger partial charge on any atom is -0.0667 e. The van der Waals surface area contributed by atoms with Crippen LogP contribution >= 0.6 is 0 Å². The zero-order chi connectivity index (χ0) is 7.23. The van der Waals surface area contributed by atoms with Crippen LogP contribution in [0.1, 0.15) is 51.9 Å². The summed E-state index contributed by atoms with van der Waals surface area (Å²) in [5.41, 5.74) is 1.60. The molecule has 0 aromatic heterocycles. The summed E-state index contributed by atoms with van der Waals surface area (Å²) in [6.07, 6.45) is 12.8. The monoisotopic (exact) mass is 137 g/mol. The van der Waals surface area contributed by atoms with Gasteiger partial charge in [0.05, 0.1) is 0 Å². The van der Waals surface area contributed by atoms with E-state index in [1.807, 2.05) is 0 Å². The van der Waals surface area contributed by atoms with Crippen LogP contribution in [-0.4, -0.2) is 0 Å². The highest BCUT2D eigenvalue weighted by atomic mass is 14.1. The van der Waals surface area contributed by atoms with Crippen LogP contribution < -0.4 is 0 Å². The lowest BCUT2D eigenvalue weighted by molar-refractivity contribution is 0.644. The summed E-state index contributed by atoms with van der Waals surface area (Å²) in [4.78, 5) is 0. The Morgan fingerprint density at radius 2 is 2.30 bits per heavy atom. The van der Waals surface area contributed by atoms with Crippen molar-refractivity contribution in [3.8, 4) is 0 Å². The topological polar surface area (TPSA) is 0 Å². The van der Waals surface area contributed by atoms with Crippen molar-refractivity contribution in [2.75, 3.05) is 0 Å². The molecule has 0 saturated heterocycles. The van der Waals surface area contributed by atoms with Gasteiger partial charge in [-0.1, -0.05) is 18.9 Å². The molecule has 0 nitrogen and oxygen atoms in total. The van der Waals surface area contributed by atoms with Gasteiger partial charge in [0.2, 0.25) is 0 Å². The Balaban J connectivity index is 2.18. The third-order valence-corrected chi connectivity index (χ3v) is 2.11. The summed E-state index contributed by atoms with van der Waals surface area (Å²) >= 11 is 0. The maximum absolute atomic E-state index is 3.47. The summed E-state index contributed by atoms with van der Waals surface area (Å²) < 4.78 is 0. The van der Waals surface area contributed by atoms with Crippen molar-refractivity contribution in [3.05, 3.63) is 11.6 Å². The van der Waals surface area contributed by atoms with E-state index in [-0.39, 0.29) is 0 Å². The van der Waals surface area contributed by atoms with Gasteiger partial charge in [-0.05, 0) is 44.6 Å². The smallest absolute Gasteiger partial charge is 0.0276 e. The highest BCUT2D eigenvalue weighted by Crippen LogP contribution is 2.20. The van der Waals surface area contributed by atoms with Crippen LogP contribution in [0, 0.1) is 6.08 Å². The molecule has 0 bridgehead atoms. The molecule has 0 N–H and O–H groups in total. The molecule has 0 aromatic rings. The Morgan fingerprint density at radius 3 is 2.90 bits per heavy atom. The van der Waals surface area contributed by atoms with Crippen molar-refractivity contribution in [2.45, 2.75) is 51.9 Å². The molecule has 0 fully saturated rings. The Bertz CT molecular complexity index is 111. The molecule has 0 heteroatoms. The number of hydrogen-bond acceptors (Lipinski definition) is 0. The van der Waals surface area contributed by atoms with E-state index in [1.165, 1.54) is 44.9 Å². The van der Waals surface area contributed by atoms with Gasteiger partial charge in [0.1, 0.15) is 0 Å². The normalized spacial score (nSPS) is 18.7. The SMILES string of the molecule is CCCCC1=[C]CCCC1. The second-order valence-corrected chi connectivity index (χ2v) is 3.09. The van der Waals surface area contributed by atoms with E-state index in [1.54, 1.807) is 5.57 Å². The van der Waals surface area contributed by atoms with Gasteiger partial charge in [-0.3, -0.25) is 0 Å². The van der Waals surface area contributed by atoms with Gasteiger partial charge in [-0.2, -0.15) is 0 Å². The largest absolute Gasteiger partial charge is 0.0667 e. The van der Waals surface area contributed by atoms with Gasteiger partial charge in [-0.15, -0.1) is 0 Å². The highest BCUT2D eigenvalue weighted by molar-refractivity contribution is 4.99. The van der Waals surface area contributed by atoms with Crippen LogP contribution in [0.5, 0.6) is 0 Å². The van der Waals surface area contributed by atoms with E-state index < -0.39 is 0 Å². The molecule has 0 amide bonds. The first kappa shape index (κ1) is 7.84. The molecule has 10 heavy (non-hydrogen) atoms. The number of hydrogen-bond donors (Lipinski definition) is 0. The molecule has 1 radical (unpaired) electrons. The quantitative estimate of drug-likeness (QED) is 0.558. The zero-order valence-electron chi connectivity index (χ0n) is 6.95. The minimum atomic E-state index is 1.22. The van der Waals surface area contributed by atoms with E-state index in [0.29, 0.717) is 0 Å². The van der Waals surface area contributed by atoms with Crippen LogP contribution in [-0.2, 0) is 0 Å². The van der Waals surface area contributed by atoms with Crippen molar-refractivity contribution in [2.24, 2.45) is 0 Å². The maximum Gasteiger partial charge on any atom is -0.0276 e. The van der Waals surface area contributed by atoms with Gasteiger partial charge >= 0.3 is 0 Å². The highest BCUT2D eigenvalue weighted by Gasteiger charge is 2.02. The van der Waals surface area contributed by atoms with Crippen molar-refractivity contribution in [1.29, 1.82) is 0 Å². The van der Waals surface area contributed by atoms with Crippen LogP contribution in [0.15, 0.2) is 5.57 Å². The van der Waals surface area contributed by atoms with Crippen LogP contribution in [0.3, 0.4) is 0 Å². The van der Waals surface area contributed by atoms with Gasteiger partial charge < -0.3 is 0 Å². The summed E-state index contributed by atoms with van der Waals surface area (Å²) in [5.74, 6) is 0. The van der Waals surface area contributed by atoms with Gasteiger partial charge in [-0.25, -0.2) is 0 Å². The zero-order valence-corrected chi connectivity index (χ0v) is 6.95. The fraction of sp³-hybridized carbons (Fsp3) is 0.800. The maximum atomic E-state index is 3.47. The molecule has 0 saturated carbocycles. The first-order chi connectivity index (χ1) is 4.93. The molecule has 0 aromatic carbocycles. The molecule has 0 unspecified atom stereocenters. The third kappa shape index (κ3) is 2.55. The van der Waals surface area contributed by atoms with Crippen LogP contribution in [0.4, 0.5) is 0 Å². The Kier molecular flexibility index (Phi) is 3.56. The molecule has 0 spiro atoms. The minimum absolute atomic E-state index is 1.22. The fourth-order valence-electron chi connectivity index (χ4n) is 1.42. The van der Waals surface area contributed by atoms with E-state index >= 15 is 0 Å². The van der Waals surface area contributed by atoms with Crippen molar-refractivity contribution >= 4 is 0 Å². The molecule has 1 aliphatic rings. The predicted octanol–water partition coefficient (Wildman–Crippen LogP) is 3.48. The van der Waals surface area contributed by atoms with E-state index in [9.17, 15) is 0 Å². The Labute approximate surface area is 64.3 Å². The van der Waals surface area contributed by atoms with E-state index in [0.717, 1.165) is 0 Å². The Morgan fingerprint density at radius 1 is 1.40 bits per heavy atom. The fourth-order valence-corrected chi connectivity index (χ4v) is 1.42. The Hall–Kier alpha value is -0.260. The van der Waals surface area contributed by atoms with Crippen molar-refractivity contribution < 1.29 is 0 Å². The average molecular weight is 137 g/mol. The molecule has 57 valence electrons. The molecular formula is C10H17. The second-order valence-electron chi connectivity index (χ2n) is 3.09. The van der Waals surface area contributed by atoms with E-state index in [4.69, 9.17) is 0 Å². The average Bonchev–Trinajstić information content (AvgIpc) is 2.03. The van der Waals surface area contributed by atoms with Gasteiger partial charge in [0, 0.05) is 0 Å². The number of rotatable bonds is 3. The molecule has 0 atom stereocenters. The summed E-state index contributed by atoms with van der Waals surface area (Å²) in [6, 6.07) is 0. The first-order valence-electron chi connectivity index (χ1n) is 4.52. The van der Waals surface area contributed by atoms with Crippen molar-refractivity contribution in [3.63, 3.8) is 0 Å². The molecule has 1 rings (SSSR count).